The van der Waals surface area contributed by atoms with Crippen LogP contribution in [0.3, 0.4) is 0 Å². The number of halogens is 2. The van der Waals surface area contributed by atoms with Crippen LogP contribution < -0.4 is 0 Å². The lowest BCUT2D eigenvalue weighted by atomic mass is 9.44. The van der Waals surface area contributed by atoms with Gasteiger partial charge in [-0.25, -0.2) is 8.78 Å². The average molecular weight is 497 g/mol. The van der Waals surface area contributed by atoms with E-state index in [-0.39, 0.29) is 49.2 Å². The molecule has 3 saturated carbocycles. The third kappa shape index (κ3) is 2.81. The second-order valence-electron chi connectivity index (χ2n) is 11.0. The van der Waals surface area contributed by atoms with Gasteiger partial charge >= 0.3 is 5.97 Å². The van der Waals surface area contributed by atoms with Crippen LogP contribution >= 0.6 is 12.2 Å². The molecule has 0 heterocycles. The third-order valence-electron chi connectivity index (χ3n) is 9.71. The smallest absolute Gasteiger partial charge is 0.306 e. The highest BCUT2D eigenvalue weighted by Gasteiger charge is 2.77. The number of aliphatic hydroxyl groups excluding tert-OH is 2. The van der Waals surface area contributed by atoms with E-state index < -0.39 is 62.7 Å². The third-order valence-corrected chi connectivity index (χ3v) is 10.0. The maximum absolute atomic E-state index is 17.4. The Hall–Kier alpha value is -1.67. The Labute approximate surface area is 204 Å². The number of rotatable bonds is 4. The number of thiocarbonyl (C=S) groups is 1. The van der Waals surface area contributed by atoms with E-state index in [9.17, 15) is 19.8 Å². The molecule has 4 rings (SSSR count). The van der Waals surface area contributed by atoms with Crippen molar-refractivity contribution < 1.29 is 33.3 Å². The number of fused-ring (bicyclic) bond motifs is 5. The van der Waals surface area contributed by atoms with E-state index in [2.05, 4.69) is 0 Å². The van der Waals surface area contributed by atoms with Crippen LogP contribution in [0.5, 0.6) is 0 Å². The summed E-state index contributed by atoms with van der Waals surface area (Å²) in [6.07, 6.45) is 1.06. The number of allylic oxidation sites excluding steroid dienone is 4. The summed E-state index contributed by atoms with van der Waals surface area (Å²) in [6, 6.07) is 0. The summed E-state index contributed by atoms with van der Waals surface area (Å²) >= 11 is 5.24. The van der Waals surface area contributed by atoms with E-state index >= 15 is 8.78 Å². The number of Topliss-reactive ketones (excluding diaryl/α,β-unsaturated/α-hetero) is 1. The molecule has 8 heteroatoms. The topological polar surface area (TPSA) is 83.8 Å². The summed E-state index contributed by atoms with van der Waals surface area (Å²) in [7, 11) is 0. The zero-order valence-corrected chi connectivity index (χ0v) is 21.2. The van der Waals surface area contributed by atoms with Crippen LogP contribution in [0.25, 0.3) is 0 Å². The van der Waals surface area contributed by atoms with Crippen LogP contribution in [0.1, 0.15) is 73.1 Å². The largest absolute Gasteiger partial charge is 0.499 e. The number of ketones is 1. The second kappa shape index (κ2) is 7.92. The number of hydrogen-bond acceptors (Lipinski definition) is 5. The van der Waals surface area contributed by atoms with E-state index in [4.69, 9.17) is 17.0 Å². The summed E-state index contributed by atoms with van der Waals surface area (Å²) < 4.78 is 38.5. The fourth-order valence-electron chi connectivity index (χ4n) is 8.04. The molecule has 3 fully saturated rings. The van der Waals surface area contributed by atoms with Crippen molar-refractivity contribution in [2.75, 3.05) is 0 Å². The van der Waals surface area contributed by atoms with Crippen molar-refractivity contribution >= 4 is 29.0 Å². The van der Waals surface area contributed by atoms with Crippen LogP contribution in [0.4, 0.5) is 8.78 Å². The Balaban J connectivity index is 1.88. The molecule has 0 aromatic rings. The highest BCUT2D eigenvalue weighted by molar-refractivity contribution is 7.80. The van der Waals surface area contributed by atoms with Gasteiger partial charge in [-0.05, 0) is 68.3 Å². The quantitative estimate of drug-likeness (QED) is 0.408. The van der Waals surface area contributed by atoms with Gasteiger partial charge in [0.05, 0.1) is 6.10 Å². The Morgan fingerprint density at radius 2 is 1.94 bits per heavy atom. The number of alkyl halides is 1. The lowest BCUT2D eigenvalue weighted by Crippen LogP contribution is -2.70. The predicted molar refractivity (Wildman–Crippen MR) is 127 cm³/mol. The minimum absolute atomic E-state index is 0.0843. The summed E-state index contributed by atoms with van der Waals surface area (Å²) in [4.78, 5) is 24.9. The van der Waals surface area contributed by atoms with E-state index in [1.54, 1.807) is 27.7 Å². The van der Waals surface area contributed by atoms with E-state index in [1.807, 2.05) is 6.92 Å². The van der Waals surface area contributed by atoms with E-state index in [0.29, 0.717) is 6.42 Å². The summed E-state index contributed by atoms with van der Waals surface area (Å²) in [5.74, 6) is -3.62. The standard InChI is InChI=1S/C26H34F2O5S/c1-6-14-11-23(4)16(20(27)21(14)31)9-8-15-17-10-13(3)26(22(32)34,33-19(30)7-2)24(17,5)12-18(29)25(15,23)28/h11,13,15,17-18,29H,6-10,12H2,1-5H3,(H,32,34)/t13-,15-,17-,18-,23-,24-,25-,26-/m0/s1. The lowest BCUT2D eigenvalue weighted by Gasteiger charge is -2.62. The molecule has 4 aliphatic carbocycles. The molecule has 0 unspecified atom stereocenters. The van der Waals surface area contributed by atoms with Gasteiger partial charge in [0.1, 0.15) is 0 Å². The maximum atomic E-state index is 17.4. The molecule has 5 nitrogen and oxygen atoms in total. The number of esters is 1. The Morgan fingerprint density at radius 1 is 1.29 bits per heavy atom. The monoisotopic (exact) mass is 496 g/mol. The van der Waals surface area contributed by atoms with Gasteiger partial charge < -0.3 is 14.9 Å². The molecule has 188 valence electrons. The molecule has 34 heavy (non-hydrogen) atoms. The van der Waals surface area contributed by atoms with Crippen LogP contribution in [0.2, 0.25) is 0 Å². The SMILES string of the molecule is CCC(=O)O[C@]1(C(O)=S)[C@@H](C)C[C@H]2[C@@H]3CCC4=C(F)C(=O)C(CC)=C[C@]4(C)[C@@]3(F)[C@@H](O)C[C@@]21C. The molecule has 8 atom stereocenters. The van der Waals surface area contributed by atoms with Crippen LogP contribution in [0.15, 0.2) is 23.0 Å². The molecule has 4 aliphatic rings. The number of carbonyl (C=O) groups is 2. The molecular weight excluding hydrogens is 462 g/mol. The van der Waals surface area contributed by atoms with Gasteiger partial charge in [0.2, 0.25) is 10.8 Å². The van der Waals surface area contributed by atoms with Gasteiger partial charge in [0.15, 0.2) is 17.1 Å². The van der Waals surface area contributed by atoms with Crippen molar-refractivity contribution in [3.05, 3.63) is 23.0 Å². The second-order valence-corrected chi connectivity index (χ2v) is 11.4. The van der Waals surface area contributed by atoms with Gasteiger partial charge in [0.25, 0.3) is 0 Å². The zero-order valence-electron chi connectivity index (χ0n) is 20.4. The Bertz CT molecular complexity index is 1020. The normalized spacial score (nSPS) is 45.8. The highest BCUT2D eigenvalue weighted by Crippen LogP contribution is 2.72. The lowest BCUT2D eigenvalue weighted by molar-refractivity contribution is -0.218. The van der Waals surface area contributed by atoms with E-state index in [1.165, 1.54) is 6.08 Å². The van der Waals surface area contributed by atoms with Crippen molar-refractivity contribution in [1.82, 2.24) is 0 Å². The van der Waals surface area contributed by atoms with Crippen molar-refractivity contribution in [1.29, 1.82) is 0 Å². The summed E-state index contributed by atoms with van der Waals surface area (Å²) in [5.41, 5.74) is -5.93. The van der Waals surface area contributed by atoms with Gasteiger partial charge in [-0.15, -0.1) is 0 Å². The molecular formula is C26H34F2O5S. The van der Waals surface area contributed by atoms with Crippen LogP contribution in [0, 0.1) is 28.6 Å². The molecule has 0 amide bonds. The maximum Gasteiger partial charge on any atom is 0.306 e. The molecule has 0 aromatic carbocycles. The van der Waals surface area contributed by atoms with Gasteiger partial charge in [-0.1, -0.05) is 33.8 Å². The van der Waals surface area contributed by atoms with Crippen molar-refractivity contribution in [3.63, 3.8) is 0 Å². The molecule has 0 saturated heterocycles. The minimum atomic E-state index is -2.23. The first kappa shape index (κ1) is 25.4. The van der Waals surface area contributed by atoms with Crippen molar-refractivity contribution in [3.8, 4) is 0 Å². The van der Waals surface area contributed by atoms with Crippen LogP contribution in [-0.2, 0) is 14.3 Å². The molecule has 2 N–H and O–H groups in total. The van der Waals surface area contributed by atoms with Crippen LogP contribution in [-0.4, -0.2) is 44.4 Å². The fraction of sp³-hybridized carbons (Fsp3) is 0.731. The molecule has 0 bridgehead atoms. The predicted octanol–water partition coefficient (Wildman–Crippen LogP) is 5.26. The fourth-order valence-corrected chi connectivity index (χ4v) is 8.51. The first-order valence-corrected chi connectivity index (χ1v) is 12.6. The average Bonchev–Trinajstić information content (AvgIpc) is 2.99. The van der Waals surface area contributed by atoms with Gasteiger partial charge in [-0.3, -0.25) is 9.59 Å². The van der Waals surface area contributed by atoms with Gasteiger partial charge in [0, 0.05) is 29.1 Å². The van der Waals surface area contributed by atoms with Crippen molar-refractivity contribution in [2.24, 2.45) is 28.6 Å². The summed E-state index contributed by atoms with van der Waals surface area (Å²) in [5, 5.41) is 21.7. The number of carbonyl (C=O) groups excluding carboxylic acids is 2. The Kier molecular flexibility index (Phi) is 5.92. The minimum Gasteiger partial charge on any atom is -0.499 e. The van der Waals surface area contributed by atoms with Crippen molar-refractivity contribution in [2.45, 2.75) is 90.5 Å². The van der Waals surface area contributed by atoms with E-state index in [0.717, 1.165) is 0 Å². The molecule has 0 spiro atoms. The first-order valence-electron chi connectivity index (χ1n) is 12.2. The first-order chi connectivity index (χ1) is 15.8. The Morgan fingerprint density at radius 3 is 2.50 bits per heavy atom. The number of ether oxygens (including phenoxy) is 1. The molecule has 0 aliphatic heterocycles. The molecule has 0 aromatic heterocycles. The van der Waals surface area contributed by atoms with Gasteiger partial charge in [-0.2, -0.15) is 0 Å². The number of aliphatic hydroxyl groups is 2. The molecule has 0 radical (unpaired) electrons. The summed E-state index contributed by atoms with van der Waals surface area (Å²) in [6.45, 7) is 8.58. The number of hydrogen-bond donors (Lipinski definition) is 2. The zero-order chi connectivity index (χ0) is 25.4. The highest BCUT2D eigenvalue weighted by atomic mass is 32.1.